The van der Waals surface area contributed by atoms with Crippen LogP contribution in [0.4, 0.5) is 18.9 Å². The molecule has 3 aromatic carbocycles. The number of halogens is 3. The number of hydrogen-bond acceptors (Lipinski definition) is 5. The van der Waals surface area contributed by atoms with E-state index < -0.39 is 27.0 Å². The van der Waals surface area contributed by atoms with E-state index in [0.29, 0.717) is 0 Å². The zero-order valence-corrected chi connectivity index (χ0v) is 17.8. The van der Waals surface area contributed by atoms with Crippen molar-refractivity contribution in [3.63, 3.8) is 0 Å². The van der Waals surface area contributed by atoms with Crippen molar-refractivity contribution in [1.29, 1.82) is 0 Å². The van der Waals surface area contributed by atoms with E-state index in [4.69, 9.17) is 0 Å². The van der Waals surface area contributed by atoms with Gasteiger partial charge in [-0.1, -0.05) is 54.6 Å². The van der Waals surface area contributed by atoms with E-state index in [-0.39, 0.29) is 5.69 Å². The fraction of sp³-hybridized carbons (Fsp3) is 0.0455. The molecule has 0 spiro atoms. The molecule has 0 bridgehead atoms. The fourth-order valence-corrected chi connectivity index (χ4v) is 4.94. The van der Waals surface area contributed by atoms with Crippen LogP contribution in [0.15, 0.2) is 89.1 Å². The van der Waals surface area contributed by atoms with Gasteiger partial charge in [0.15, 0.2) is 0 Å². The molecule has 1 heterocycles. The summed E-state index contributed by atoms with van der Waals surface area (Å²) in [5.74, 6) is -0.806. The Balaban J connectivity index is 1.54. The molecule has 10 heteroatoms. The summed E-state index contributed by atoms with van der Waals surface area (Å²) < 4.78 is 69.3. The highest BCUT2D eigenvalue weighted by atomic mass is 32.2. The van der Waals surface area contributed by atoms with Crippen molar-refractivity contribution in [3.8, 4) is 27.6 Å². The summed E-state index contributed by atoms with van der Waals surface area (Å²) in [4.78, 5) is 3.99. The number of anilines is 1. The molecule has 1 aromatic heterocycles. The summed E-state index contributed by atoms with van der Waals surface area (Å²) in [7, 11) is -4.31. The zero-order chi connectivity index (χ0) is 22.8. The molecule has 0 unspecified atom stereocenters. The van der Waals surface area contributed by atoms with Crippen molar-refractivity contribution in [2.75, 3.05) is 4.72 Å². The van der Waals surface area contributed by atoms with Crippen molar-refractivity contribution in [2.24, 2.45) is 0 Å². The molecule has 0 saturated heterocycles. The quantitative estimate of drug-likeness (QED) is 0.361. The first-order chi connectivity index (χ1) is 15.2. The Hall–Kier alpha value is -3.37. The summed E-state index contributed by atoms with van der Waals surface area (Å²) in [6.45, 7) is 0. The highest BCUT2D eigenvalue weighted by Gasteiger charge is 2.34. The lowest BCUT2D eigenvalue weighted by Crippen LogP contribution is -2.20. The summed E-state index contributed by atoms with van der Waals surface area (Å²) in [5.41, 5.74) is 2.68. The van der Waals surface area contributed by atoms with Crippen molar-refractivity contribution >= 4 is 27.0 Å². The molecule has 0 aliphatic heterocycles. The number of aromatic nitrogens is 1. The van der Waals surface area contributed by atoms with Crippen LogP contribution in [0.2, 0.25) is 0 Å². The topological polar surface area (TPSA) is 68.3 Å². The van der Waals surface area contributed by atoms with Gasteiger partial charge >= 0.3 is 6.36 Å². The molecular weight excluding hydrogens is 461 g/mol. The van der Waals surface area contributed by atoms with Crippen LogP contribution in [0.1, 0.15) is 0 Å². The van der Waals surface area contributed by atoms with Gasteiger partial charge in [0.25, 0.3) is 10.0 Å². The van der Waals surface area contributed by atoms with Crippen LogP contribution in [0, 0.1) is 0 Å². The van der Waals surface area contributed by atoms with Gasteiger partial charge in [0.1, 0.15) is 15.7 Å². The van der Waals surface area contributed by atoms with Crippen LogP contribution in [0.3, 0.4) is 0 Å². The predicted octanol–water partition coefficient (Wildman–Crippen LogP) is 6.18. The molecule has 0 saturated carbocycles. The number of thiazole rings is 1. The maximum absolute atomic E-state index is 12.7. The second-order valence-electron chi connectivity index (χ2n) is 6.58. The molecule has 5 nitrogen and oxygen atoms in total. The number of nitrogens with one attached hydrogen (secondary N) is 1. The SMILES string of the molecule is O=S(=O)(Nc1ccc(-c2csc(-c3ccccc3)n2)cc1)c1ccccc1OC(F)(F)F. The van der Waals surface area contributed by atoms with Gasteiger partial charge in [0.2, 0.25) is 0 Å². The Morgan fingerprint density at radius 3 is 2.19 bits per heavy atom. The molecule has 32 heavy (non-hydrogen) atoms. The van der Waals surface area contributed by atoms with Gasteiger partial charge in [0.05, 0.1) is 5.69 Å². The van der Waals surface area contributed by atoms with Crippen molar-refractivity contribution in [2.45, 2.75) is 11.3 Å². The highest BCUT2D eigenvalue weighted by molar-refractivity contribution is 7.92. The van der Waals surface area contributed by atoms with Crippen LogP contribution in [-0.2, 0) is 10.0 Å². The van der Waals surface area contributed by atoms with E-state index in [2.05, 4.69) is 14.4 Å². The van der Waals surface area contributed by atoms with E-state index in [1.54, 1.807) is 12.1 Å². The number of hydrogen-bond donors (Lipinski definition) is 1. The predicted molar refractivity (Wildman–Crippen MR) is 117 cm³/mol. The number of sulfonamides is 1. The average Bonchev–Trinajstić information content (AvgIpc) is 3.24. The number of alkyl halides is 3. The molecule has 0 aliphatic rings. The van der Waals surface area contributed by atoms with E-state index in [1.165, 1.54) is 35.6 Å². The minimum absolute atomic E-state index is 0.189. The van der Waals surface area contributed by atoms with E-state index in [1.807, 2.05) is 35.7 Å². The van der Waals surface area contributed by atoms with Gasteiger partial charge < -0.3 is 4.74 Å². The van der Waals surface area contributed by atoms with Crippen LogP contribution < -0.4 is 9.46 Å². The third-order valence-corrected chi connectivity index (χ3v) is 6.63. The second kappa shape index (κ2) is 8.64. The van der Waals surface area contributed by atoms with E-state index in [0.717, 1.165) is 34.0 Å². The molecule has 0 fully saturated rings. The minimum Gasteiger partial charge on any atom is -0.404 e. The lowest BCUT2D eigenvalue weighted by molar-refractivity contribution is -0.275. The average molecular weight is 477 g/mol. The minimum atomic E-state index is -5.01. The molecule has 1 N–H and O–H groups in total. The van der Waals surface area contributed by atoms with Gasteiger partial charge in [-0.2, -0.15) is 0 Å². The van der Waals surface area contributed by atoms with Crippen molar-refractivity contribution in [3.05, 3.63) is 84.2 Å². The van der Waals surface area contributed by atoms with Gasteiger partial charge in [0, 0.05) is 22.2 Å². The number of rotatable bonds is 6. The molecular formula is C22H15F3N2O3S2. The molecule has 0 amide bonds. The van der Waals surface area contributed by atoms with Crippen LogP contribution in [0.25, 0.3) is 21.8 Å². The zero-order valence-electron chi connectivity index (χ0n) is 16.2. The number of para-hydroxylation sites is 1. The number of ether oxygens (including phenoxy) is 1. The summed E-state index contributed by atoms with van der Waals surface area (Å²) in [5, 5.41) is 2.75. The second-order valence-corrected chi connectivity index (χ2v) is 9.09. The maximum atomic E-state index is 12.7. The smallest absolute Gasteiger partial charge is 0.404 e. The van der Waals surface area contributed by atoms with Gasteiger partial charge in [-0.25, -0.2) is 13.4 Å². The van der Waals surface area contributed by atoms with Crippen LogP contribution in [0.5, 0.6) is 5.75 Å². The van der Waals surface area contributed by atoms with Gasteiger partial charge in [-0.3, -0.25) is 4.72 Å². The highest BCUT2D eigenvalue weighted by Crippen LogP contribution is 2.32. The van der Waals surface area contributed by atoms with E-state index >= 15 is 0 Å². The third-order valence-electron chi connectivity index (χ3n) is 4.32. The van der Waals surface area contributed by atoms with Crippen molar-refractivity contribution in [1.82, 2.24) is 4.98 Å². The molecule has 4 rings (SSSR count). The first kappa shape index (κ1) is 21.8. The van der Waals surface area contributed by atoms with Crippen LogP contribution in [-0.4, -0.2) is 19.8 Å². The van der Waals surface area contributed by atoms with Crippen molar-refractivity contribution < 1.29 is 26.3 Å². The summed E-state index contributed by atoms with van der Waals surface area (Å²) in [6.07, 6.45) is -5.01. The normalized spacial score (nSPS) is 11.8. The van der Waals surface area contributed by atoms with Crippen LogP contribution >= 0.6 is 11.3 Å². The Bertz CT molecular complexity index is 1320. The Morgan fingerprint density at radius 2 is 1.50 bits per heavy atom. The third kappa shape index (κ3) is 5.09. The molecule has 0 radical (unpaired) electrons. The van der Waals surface area contributed by atoms with Gasteiger partial charge in [-0.15, -0.1) is 24.5 Å². The summed E-state index contributed by atoms with van der Waals surface area (Å²) in [6, 6.07) is 20.6. The van der Waals surface area contributed by atoms with E-state index in [9.17, 15) is 21.6 Å². The monoisotopic (exact) mass is 476 g/mol. The Kier molecular flexibility index (Phi) is 5.90. The maximum Gasteiger partial charge on any atom is 0.573 e. The summed E-state index contributed by atoms with van der Waals surface area (Å²) >= 11 is 1.49. The molecule has 0 atom stereocenters. The number of nitrogens with zero attached hydrogens (tertiary/aromatic N) is 1. The molecule has 0 aliphatic carbocycles. The lowest BCUT2D eigenvalue weighted by atomic mass is 10.1. The largest absolute Gasteiger partial charge is 0.573 e. The fourth-order valence-electron chi connectivity index (χ4n) is 2.92. The Labute approximate surface area is 186 Å². The van der Waals surface area contributed by atoms with Gasteiger partial charge in [-0.05, 0) is 24.3 Å². The lowest BCUT2D eigenvalue weighted by Gasteiger charge is -2.14. The Morgan fingerprint density at radius 1 is 0.844 bits per heavy atom. The molecule has 164 valence electrons. The first-order valence-electron chi connectivity index (χ1n) is 9.20. The standard InChI is InChI=1S/C22H15F3N2O3S2/c23-22(24,25)30-19-8-4-5-9-20(19)32(28,29)27-17-12-10-15(11-13-17)18-14-31-21(26-18)16-6-2-1-3-7-16/h1-14,27H. The molecule has 4 aromatic rings. The number of benzene rings is 3. The first-order valence-corrected chi connectivity index (χ1v) is 11.6.